The van der Waals surface area contributed by atoms with Crippen LogP contribution in [0.1, 0.15) is 11.1 Å². The maximum Gasteiger partial charge on any atom is 0.141 e. The molecule has 2 rings (SSSR count). The van der Waals surface area contributed by atoms with Crippen LogP contribution < -0.4 is 0 Å². The van der Waals surface area contributed by atoms with Gasteiger partial charge in [-0.2, -0.15) is 0 Å². The van der Waals surface area contributed by atoms with Crippen LogP contribution in [-0.4, -0.2) is 5.78 Å². The van der Waals surface area contributed by atoms with Crippen LogP contribution in [0.4, 0.5) is 8.78 Å². The molecule has 0 radical (unpaired) electrons. The number of Topliss-reactive ketones (excluding diaryl/α,β-unsaturated/α-hetero) is 1. The van der Waals surface area contributed by atoms with Gasteiger partial charge in [-0.1, -0.05) is 34.1 Å². The van der Waals surface area contributed by atoms with E-state index in [4.69, 9.17) is 0 Å². The summed E-state index contributed by atoms with van der Waals surface area (Å²) in [5, 5.41) is 0. The number of hydrogen-bond donors (Lipinski definition) is 0. The molecule has 0 aromatic heterocycles. The Balaban J connectivity index is 2.03. The lowest BCUT2D eigenvalue weighted by molar-refractivity contribution is -0.117. The second kappa shape index (κ2) is 6.06. The van der Waals surface area contributed by atoms with Crippen molar-refractivity contribution in [2.24, 2.45) is 0 Å². The molecule has 98 valence electrons. The zero-order valence-corrected chi connectivity index (χ0v) is 11.6. The third-order valence-electron chi connectivity index (χ3n) is 2.72. The molecule has 2 aromatic rings. The molecule has 0 aliphatic rings. The maximum atomic E-state index is 12.9. The Morgan fingerprint density at radius 2 is 1.58 bits per heavy atom. The van der Waals surface area contributed by atoms with Crippen LogP contribution in [-0.2, 0) is 17.6 Å². The average Bonchev–Trinajstić information content (AvgIpc) is 2.36. The third kappa shape index (κ3) is 3.96. The molecule has 0 N–H and O–H groups in total. The van der Waals surface area contributed by atoms with E-state index in [1.165, 1.54) is 24.3 Å². The molecule has 0 bridgehead atoms. The highest BCUT2D eigenvalue weighted by Crippen LogP contribution is 2.19. The lowest BCUT2D eigenvalue weighted by Gasteiger charge is -2.04. The van der Waals surface area contributed by atoms with Crippen molar-refractivity contribution >= 4 is 21.7 Å². The van der Waals surface area contributed by atoms with Gasteiger partial charge in [-0.15, -0.1) is 0 Å². The molecule has 0 aliphatic carbocycles. The summed E-state index contributed by atoms with van der Waals surface area (Å²) < 4.78 is 26.2. The van der Waals surface area contributed by atoms with E-state index in [-0.39, 0.29) is 30.3 Å². The monoisotopic (exact) mass is 324 g/mol. The molecule has 0 aliphatic heterocycles. The Bertz CT molecular complexity index is 594. The number of carbonyl (C=O) groups is 1. The Labute approximate surface area is 118 Å². The molecule has 4 heteroatoms. The van der Waals surface area contributed by atoms with Crippen molar-refractivity contribution in [1.29, 1.82) is 0 Å². The Morgan fingerprint density at radius 1 is 0.947 bits per heavy atom. The molecule has 0 saturated heterocycles. The third-order valence-corrected chi connectivity index (χ3v) is 3.46. The first-order chi connectivity index (χ1) is 9.04. The van der Waals surface area contributed by atoms with Crippen molar-refractivity contribution in [2.75, 3.05) is 0 Å². The van der Waals surface area contributed by atoms with Crippen LogP contribution in [0.25, 0.3) is 0 Å². The van der Waals surface area contributed by atoms with Crippen molar-refractivity contribution < 1.29 is 13.6 Å². The van der Waals surface area contributed by atoms with Gasteiger partial charge >= 0.3 is 0 Å². The number of rotatable bonds is 4. The first-order valence-electron chi connectivity index (χ1n) is 5.74. The van der Waals surface area contributed by atoms with Crippen molar-refractivity contribution in [3.05, 3.63) is 69.7 Å². The minimum Gasteiger partial charge on any atom is -0.299 e. The highest BCUT2D eigenvalue weighted by Gasteiger charge is 2.09. The fourth-order valence-electron chi connectivity index (χ4n) is 1.77. The largest absolute Gasteiger partial charge is 0.299 e. The lowest BCUT2D eigenvalue weighted by Crippen LogP contribution is -2.07. The van der Waals surface area contributed by atoms with Crippen LogP contribution in [0.3, 0.4) is 0 Å². The second-order valence-corrected chi connectivity index (χ2v) is 5.11. The molecule has 0 unspecified atom stereocenters. The van der Waals surface area contributed by atoms with E-state index in [1.54, 1.807) is 18.2 Å². The van der Waals surface area contributed by atoms with Gasteiger partial charge in [0.15, 0.2) is 0 Å². The van der Waals surface area contributed by atoms with Gasteiger partial charge in [0.25, 0.3) is 0 Å². The summed E-state index contributed by atoms with van der Waals surface area (Å²) >= 11 is 3.23. The summed E-state index contributed by atoms with van der Waals surface area (Å²) in [7, 11) is 0. The predicted octanol–water partition coefficient (Wildman–Crippen LogP) is 4.08. The number of ketones is 1. The summed E-state index contributed by atoms with van der Waals surface area (Å²) in [6.07, 6.45) is 0.461. The van der Waals surface area contributed by atoms with Crippen LogP contribution in [0.5, 0.6) is 0 Å². The first-order valence-corrected chi connectivity index (χ1v) is 6.54. The average molecular weight is 325 g/mol. The summed E-state index contributed by atoms with van der Waals surface area (Å²) in [5.41, 5.74) is 1.51. The number of carbonyl (C=O) groups excluding carboxylic acids is 1. The van der Waals surface area contributed by atoms with Crippen molar-refractivity contribution in [3.63, 3.8) is 0 Å². The van der Waals surface area contributed by atoms with Gasteiger partial charge in [-0.25, -0.2) is 8.78 Å². The molecular weight excluding hydrogens is 314 g/mol. The van der Waals surface area contributed by atoms with Crippen molar-refractivity contribution in [3.8, 4) is 0 Å². The van der Waals surface area contributed by atoms with Gasteiger partial charge in [-0.3, -0.25) is 4.79 Å². The zero-order chi connectivity index (χ0) is 13.8. The fourth-order valence-corrected chi connectivity index (χ4v) is 2.26. The molecule has 0 saturated carbocycles. The molecule has 0 heterocycles. The van der Waals surface area contributed by atoms with E-state index >= 15 is 0 Å². The molecule has 0 amide bonds. The van der Waals surface area contributed by atoms with E-state index in [2.05, 4.69) is 15.9 Å². The zero-order valence-electron chi connectivity index (χ0n) is 10.00. The number of hydrogen-bond acceptors (Lipinski definition) is 1. The minimum absolute atomic E-state index is 0.00100. The van der Waals surface area contributed by atoms with E-state index in [9.17, 15) is 13.6 Å². The quantitative estimate of drug-likeness (QED) is 0.828. The molecule has 0 fully saturated rings. The fraction of sp³-hybridized carbons (Fsp3) is 0.133. The van der Waals surface area contributed by atoms with Gasteiger partial charge in [0.05, 0.1) is 0 Å². The van der Waals surface area contributed by atoms with Crippen LogP contribution in [0.15, 0.2) is 46.9 Å². The molecule has 2 aromatic carbocycles. The Kier molecular flexibility index (Phi) is 4.43. The van der Waals surface area contributed by atoms with Crippen molar-refractivity contribution in [1.82, 2.24) is 0 Å². The highest BCUT2D eigenvalue weighted by molar-refractivity contribution is 9.10. The molecule has 0 spiro atoms. The summed E-state index contributed by atoms with van der Waals surface area (Å²) in [5.74, 6) is -0.669. The second-order valence-electron chi connectivity index (χ2n) is 4.25. The lowest BCUT2D eigenvalue weighted by atomic mass is 10.0. The number of halogens is 3. The minimum atomic E-state index is -0.346. The molecule has 19 heavy (non-hydrogen) atoms. The molecular formula is C15H11BrF2O. The molecule has 1 nitrogen and oxygen atoms in total. The van der Waals surface area contributed by atoms with Crippen LogP contribution in [0, 0.1) is 11.6 Å². The van der Waals surface area contributed by atoms with Gasteiger partial charge in [0, 0.05) is 17.3 Å². The topological polar surface area (TPSA) is 17.1 Å². The predicted molar refractivity (Wildman–Crippen MR) is 72.9 cm³/mol. The molecule has 0 atom stereocenters. The SMILES string of the molecule is O=C(Cc1ccc(F)cc1)Cc1ccc(F)cc1Br. The van der Waals surface area contributed by atoms with Crippen molar-refractivity contribution in [2.45, 2.75) is 12.8 Å². The normalized spacial score (nSPS) is 10.5. The van der Waals surface area contributed by atoms with Gasteiger partial charge in [0.2, 0.25) is 0 Å². The summed E-state index contributed by atoms with van der Waals surface area (Å²) in [4.78, 5) is 11.9. The summed E-state index contributed by atoms with van der Waals surface area (Å²) in [6.45, 7) is 0. The first kappa shape index (κ1) is 13.9. The van der Waals surface area contributed by atoms with E-state index < -0.39 is 0 Å². The van der Waals surface area contributed by atoms with E-state index in [0.717, 1.165) is 11.1 Å². The van der Waals surface area contributed by atoms with E-state index in [1.807, 2.05) is 0 Å². The van der Waals surface area contributed by atoms with Gasteiger partial charge < -0.3 is 0 Å². The highest BCUT2D eigenvalue weighted by atomic mass is 79.9. The Morgan fingerprint density at radius 3 is 2.21 bits per heavy atom. The van der Waals surface area contributed by atoms with Crippen LogP contribution >= 0.6 is 15.9 Å². The smallest absolute Gasteiger partial charge is 0.141 e. The van der Waals surface area contributed by atoms with Gasteiger partial charge in [-0.05, 0) is 35.4 Å². The van der Waals surface area contributed by atoms with Crippen LogP contribution in [0.2, 0.25) is 0 Å². The Hall–Kier alpha value is -1.55. The van der Waals surface area contributed by atoms with Gasteiger partial charge in [0.1, 0.15) is 17.4 Å². The standard InChI is InChI=1S/C15H11BrF2O/c16-15-9-13(18)6-3-11(15)8-14(19)7-10-1-4-12(17)5-2-10/h1-6,9H,7-8H2. The van der Waals surface area contributed by atoms with E-state index in [0.29, 0.717) is 4.47 Å². The number of benzene rings is 2. The summed E-state index contributed by atoms with van der Waals surface area (Å²) in [6, 6.07) is 10.1. The maximum absolute atomic E-state index is 12.9.